The Bertz CT molecular complexity index is 565. The minimum Gasteiger partial charge on any atom is -0.316 e. The van der Waals surface area contributed by atoms with E-state index in [1.165, 1.54) is 41.3 Å². The number of thiazole rings is 1. The van der Waals surface area contributed by atoms with Gasteiger partial charge < -0.3 is 5.32 Å². The molecule has 0 bridgehead atoms. The number of nitrogens with one attached hydrogen (secondary N) is 1. The second-order valence-corrected chi connectivity index (χ2v) is 6.88. The lowest BCUT2D eigenvalue weighted by molar-refractivity contribution is 0.501. The van der Waals surface area contributed by atoms with Crippen molar-refractivity contribution in [1.82, 2.24) is 15.3 Å². The van der Waals surface area contributed by atoms with Crippen LogP contribution in [0.2, 0.25) is 0 Å². The van der Waals surface area contributed by atoms with Crippen LogP contribution in [0.5, 0.6) is 0 Å². The summed E-state index contributed by atoms with van der Waals surface area (Å²) in [7, 11) is 0. The van der Waals surface area contributed by atoms with Crippen LogP contribution in [0.25, 0.3) is 0 Å². The van der Waals surface area contributed by atoms with Crippen molar-refractivity contribution < 1.29 is 0 Å². The normalized spacial score (nSPS) is 17.7. The Morgan fingerprint density at radius 1 is 1.38 bits per heavy atom. The Balaban J connectivity index is 1.71. The van der Waals surface area contributed by atoms with Crippen molar-refractivity contribution in [3.8, 4) is 0 Å². The molecule has 1 aliphatic rings. The van der Waals surface area contributed by atoms with Crippen molar-refractivity contribution in [1.29, 1.82) is 0 Å². The van der Waals surface area contributed by atoms with Gasteiger partial charge in [-0.3, -0.25) is 4.98 Å². The van der Waals surface area contributed by atoms with Gasteiger partial charge in [0.25, 0.3) is 0 Å². The topological polar surface area (TPSA) is 37.8 Å². The third-order valence-electron chi connectivity index (χ3n) is 3.99. The van der Waals surface area contributed by atoms with E-state index in [9.17, 15) is 0 Å². The fourth-order valence-electron chi connectivity index (χ4n) is 2.94. The molecular formula is C17H23N3S. The van der Waals surface area contributed by atoms with Gasteiger partial charge in [-0.1, -0.05) is 13.0 Å². The third kappa shape index (κ3) is 3.69. The van der Waals surface area contributed by atoms with E-state index < -0.39 is 0 Å². The molecule has 3 nitrogen and oxygen atoms in total. The van der Waals surface area contributed by atoms with Gasteiger partial charge in [0.15, 0.2) is 0 Å². The standard InChI is InChI=1S/C17H23N3S/c1-2-9-18-12-13-6-5-8-15-17(13)20-16(21-15)11-14-7-3-4-10-19-14/h3-4,7,10,13,18H,2,5-6,8-9,11-12H2,1H3. The van der Waals surface area contributed by atoms with E-state index >= 15 is 0 Å². The van der Waals surface area contributed by atoms with Crippen LogP contribution in [-0.2, 0) is 12.8 Å². The van der Waals surface area contributed by atoms with Crippen molar-refractivity contribution >= 4 is 11.3 Å². The molecule has 0 saturated carbocycles. The molecule has 0 amide bonds. The van der Waals surface area contributed by atoms with E-state index in [4.69, 9.17) is 4.98 Å². The van der Waals surface area contributed by atoms with Gasteiger partial charge in [0.2, 0.25) is 0 Å². The SMILES string of the molecule is CCCNCC1CCCc2sc(Cc3ccccn3)nc21. The summed E-state index contributed by atoms with van der Waals surface area (Å²) >= 11 is 1.89. The first kappa shape index (κ1) is 14.7. The van der Waals surface area contributed by atoms with E-state index in [-0.39, 0.29) is 0 Å². The zero-order chi connectivity index (χ0) is 14.5. The zero-order valence-electron chi connectivity index (χ0n) is 12.6. The summed E-state index contributed by atoms with van der Waals surface area (Å²) < 4.78 is 0. The highest BCUT2D eigenvalue weighted by Crippen LogP contribution is 2.34. The molecule has 0 fully saturated rings. The number of rotatable bonds is 6. The Kier molecular flexibility index (Phi) is 4.99. The highest BCUT2D eigenvalue weighted by atomic mass is 32.1. The van der Waals surface area contributed by atoms with Crippen LogP contribution in [0.4, 0.5) is 0 Å². The van der Waals surface area contributed by atoms with Gasteiger partial charge in [-0.2, -0.15) is 0 Å². The van der Waals surface area contributed by atoms with Crippen LogP contribution in [0.1, 0.15) is 53.4 Å². The second-order valence-electron chi connectivity index (χ2n) is 5.71. The molecule has 112 valence electrons. The number of nitrogens with zero attached hydrogens (tertiary/aromatic N) is 2. The largest absolute Gasteiger partial charge is 0.316 e. The minimum absolute atomic E-state index is 0.606. The van der Waals surface area contributed by atoms with Crippen molar-refractivity contribution in [3.05, 3.63) is 45.7 Å². The van der Waals surface area contributed by atoms with Gasteiger partial charge >= 0.3 is 0 Å². The summed E-state index contributed by atoms with van der Waals surface area (Å²) in [5.74, 6) is 0.606. The Morgan fingerprint density at radius 2 is 2.33 bits per heavy atom. The smallest absolute Gasteiger partial charge is 0.0990 e. The van der Waals surface area contributed by atoms with Gasteiger partial charge in [0.1, 0.15) is 0 Å². The van der Waals surface area contributed by atoms with Crippen LogP contribution < -0.4 is 5.32 Å². The summed E-state index contributed by atoms with van der Waals surface area (Å²) in [6, 6.07) is 6.10. The van der Waals surface area contributed by atoms with Crippen LogP contribution >= 0.6 is 11.3 Å². The minimum atomic E-state index is 0.606. The number of fused-ring (bicyclic) bond motifs is 1. The van der Waals surface area contributed by atoms with E-state index in [2.05, 4.69) is 23.3 Å². The molecule has 2 aromatic rings. The molecule has 0 saturated heterocycles. The lowest BCUT2D eigenvalue weighted by Crippen LogP contribution is -2.24. The highest BCUT2D eigenvalue weighted by Gasteiger charge is 2.24. The van der Waals surface area contributed by atoms with Gasteiger partial charge in [-0.15, -0.1) is 11.3 Å². The van der Waals surface area contributed by atoms with E-state index in [0.29, 0.717) is 5.92 Å². The summed E-state index contributed by atoms with van der Waals surface area (Å²) in [5, 5.41) is 4.78. The number of pyridine rings is 1. The zero-order valence-corrected chi connectivity index (χ0v) is 13.5. The summed E-state index contributed by atoms with van der Waals surface area (Å²) in [5.41, 5.74) is 2.48. The Morgan fingerprint density at radius 3 is 3.14 bits per heavy atom. The highest BCUT2D eigenvalue weighted by molar-refractivity contribution is 7.11. The van der Waals surface area contributed by atoms with Gasteiger partial charge in [0, 0.05) is 35.7 Å². The summed E-state index contributed by atoms with van der Waals surface area (Å²) in [6.45, 7) is 4.40. The average Bonchev–Trinajstić information content (AvgIpc) is 2.92. The van der Waals surface area contributed by atoms with E-state index in [1.54, 1.807) is 0 Å². The predicted octanol–water partition coefficient (Wildman–Crippen LogP) is 3.55. The first-order chi connectivity index (χ1) is 10.4. The Labute approximate surface area is 130 Å². The fraction of sp³-hybridized carbons (Fsp3) is 0.529. The first-order valence-electron chi connectivity index (χ1n) is 7.96. The lowest BCUT2D eigenvalue weighted by atomic mass is 9.91. The van der Waals surface area contributed by atoms with Crippen LogP contribution in [0.3, 0.4) is 0 Å². The van der Waals surface area contributed by atoms with Crippen LogP contribution in [-0.4, -0.2) is 23.1 Å². The van der Waals surface area contributed by atoms with Gasteiger partial charge in [0.05, 0.1) is 10.7 Å². The van der Waals surface area contributed by atoms with Gasteiger partial charge in [-0.25, -0.2) is 4.98 Å². The molecule has 21 heavy (non-hydrogen) atoms. The van der Waals surface area contributed by atoms with Crippen molar-refractivity contribution in [2.45, 2.75) is 44.9 Å². The molecule has 1 aliphatic carbocycles. The fourth-order valence-corrected chi connectivity index (χ4v) is 4.15. The molecule has 4 heteroatoms. The maximum absolute atomic E-state index is 4.94. The average molecular weight is 301 g/mol. The molecule has 1 unspecified atom stereocenters. The molecule has 0 spiro atoms. The molecule has 1 atom stereocenters. The number of aryl methyl sites for hydroxylation is 1. The second kappa shape index (κ2) is 7.14. The monoisotopic (exact) mass is 301 g/mol. The Hall–Kier alpha value is -1.26. The van der Waals surface area contributed by atoms with Crippen LogP contribution in [0.15, 0.2) is 24.4 Å². The molecule has 2 aromatic heterocycles. The number of hydrogen-bond donors (Lipinski definition) is 1. The molecule has 0 aromatic carbocycles. The maximum Gasteiger partial charge on any atom is 0.0990 e. The molecule has 3 rings (SSSR count). The maximum atomic E-state index is 4.94. The predicted molar refractivity (Wildman–Crippen MR) is 88.0 cm³/mol. The van der Waals surface area contributed by atoms with E-state index in [1.807, 2.05) is 29.7 Å². The summed E-state index contributed by atoms with van der Waals surface area (Å²) in [4.78, 5) is 10.9. The van der Waals surface area contributed by atoms with Crippen molar-refractivity contribution in [2.24, 2.45) is 0 Å². The first-order valence-corrected chi connectivity index (χ1v) is 8.77. The van der Waals surface area contributed by atoms with Crippen LogP contribution in [0, 0.1) is 0 Å². The number of hydrogen-bond acceptors (Lipinski definition) is 4. The third-order valence-corrected chi connectivity index (χ3v) is 5.12. The van der Waals surface area contributed by atoms with Crippen molar-refractivity contribution in [2.75, 3.05) is 13.1 Å². The molecular weight excluding hydrogens is 278 g/mol. The van der Waals surface area contributed by atoms with E-state index in [0.717, 1.165) is 25.2 Å². The number of aromatic nitrogens is 2. The van der Waals surface area contributed by atoms with Crippen molar-refractivity contribution in [3.63, 3.8) is 0 Å². The lowest BCUT2D eigenvalue weighted by Gasteiger charge is -2.21. The quantitative estimate of drug-likeness (QED) is 0.829. The molecule has 2 heterocycles. The van der Waals surface area contributed by atoms with Gasteiger partial charge in [-0.05, 0) is 44.4 Å². The molecule has 0 aliphatic heterocycles. The molecule has 1 N–H and O–H groups in total. The molecule has 0 radical (unpaired) electrons. The summed E-state index contributed by atoms with van der Waals surface area (Å²) in [6.07, 6.45) is 7.71.